The smallest absolute Gasteiger partial charge is 0.165 e. The third kappa shape index (κ3) is 2.74. The Kier molecular flexibility index (Phi) is 4.40. The van der Waals surface area contributed by atoms with Crippen molar-refractivity contribution < 1.29 is 0 Å². The third-order valence-electron chi connectivity index (χ3n) is 5.30. The summed E-state index contributed by atoms with van der Waals surface area (Å²) < 4.78 is 4.75. The number of hydrogen-bond donors (Lipinski definition) is 1. The van der Waals surface area contributed by atoms with Crippen LogP contribution in [0.25, 0.3) is 27.8 Å². The van der Waals surface area contributed by atoms with Gasteiger partial charge in [-0.05, 0) is 53.8 Å². The van der Waals surface area contributed by atoms with Gasteiger partial charge in [0.15, 0.2) is 5.65 Å². The van der Waals surface area contributed by atoms with Crippen molar-refractivity contribution in [1.29, 1.82) is 5.26 Å². The molecule has 0 bridgehead atoms. The lowest BCUT2D eigenvalue weighted by Crippen LogP contribution is -2.10. The molecule has 0 saturated heterocycles. The molecule has 146 valence electrons. The number of halogens is 1. The molecule has 1 aromatic carbocycles. The fourth-order valence-electron chi connectivity index (χ4n) is 3.89. The number of pyridine rings is 1. The number of hydrogen-bond acceptors (Lipinski definition) is 5. The van der Waals surface area contributed by atoms with E-state index in [0.29, 0.717) is 17.0 Å². The monoisotopic (exact) mass is 505 g/mol. The van der Waals surface area contributed by atoms with Crippen molar-refractivity contribution >= 4 is 45.0 Å². The van der Waals surface area contributed by atoms with Crippen LogP contribution in [0.2, 0.25) is 0 Å². The second-order valence-electron chi connectivity index (χ2n) is 6.97. The lowest BCUT2D eigenvalue weighted by atomic mass is 9.99. The number of anilines is 1. The molecule has 0 saturated carbocycles. The van der Waals surface area contributed by atoms with Gasteiger partial charge in [0.2, 0.25) is 0 Å². The first kappa shape index (κ1) is 18.6. The number of aromatic nitrogens is 5. The molecule has 1 unspecified atom stereocenters. The van der Waals surface area contributed by atoms with Gasteiger partial charge in [0.1, 0.15) is 15.8 Å². The van der Waals surface area contributed by atoms with Gasteiger partial charge in [-0.25, -0.2) is 14.6 Å². The summed E-state index contributed by atoms with van der Waals surface area (Å²) >= 11 is 2.16. The predicted octanol–water partition coefficient (Wildman–Crippen LogP) is 4.41. The van der Waals surface area contributed by atoms with Crippen LogP contribution in [0.4, 0.5) is 5.82 Å². The van der Waals surface area contributed by atoms with E-state index in [1.165, 1.54) is 6.33 Å². The Bertz CT molecular complexity index is 1460. The van der Waals surface area contributed by atoms with Crippen molar-refractivity contribution in [1.82, 2.24) is 24.1 Å². The molecule has 5 aromatic rings. The van der Waals surface area contributed by atoms with E-state index in [0.717, 1.165) is 31.4 Å². The van der Waals surface area contributed by atoms with Crippen molar-refractivity contribution in [3.63, 3.8) is 0 Å². The molecule has 4 heterocycles. The Morgan fingerprint density at radius 3 is 2.77 bits per heavy atom. The standard InChI is InChI=1S/C22H16IN7/c1-13(30-22-18(20(23)28-30)21(25)26-12-27-22)17-10-15-7-4-5-9-29(15)19(17)16-8-3-2-6-14(16)11-24/h2-10,12-13H,1H3,(H2,25,26,27). The Labute approximate surface area is 185 Å². The lowest BCUT2D eigenvalue weighted by Gasteiger charge is -2.16. The average Bonchev–Trinajstić information content (AvgIpc) is 3.32. The molecule has 0 radical (unpaired) electrons. The summed E-state index contributed by atoms with van der Waals surface area (Å²) in [5.41, 5.74) is 11.3. The minimum Gasteiger partial charge on any atom is -0.383 e. The van der Waals surface area contributed by atoms with Gasteiger partial charge >= 0.3 is 0 Å². The molecule has 5 rings (SSSR count). The van der Waals surface area contributed by atoms with Crippen LogP contribution in [0.1, 0.15) is 24.1 Å². The molecule has 7 nitrogen and oxygen atoms in total. The molecular weight excluding hydrogens is 489 g/mol. The van der Waals surface area contributed by atoms with Crippen molar-refractivity contribution in [3.05, 3.63) is 75.9 Å². The van der Waals surface area contributed by atoms with Crippen LogP contribution < -0.4 is 5.73 Å². The Balaban J connectivity index is 1.81. The summed E-state index contributed by atoms with van der Waals surface area (Å²) in [7, 11) is 0. The Morgan fingerprint density at radius 1 is 1.13 bits per heavy atom. The molecule has 30 heavy (non-hydrogen) atoms. The summed E-state index contributed by atoms with van der Waals surface area (Å²) in [5, 5.41) is 15.2. The van der Waals surface area contributed by atoms with Crippen LogP contribution in [-0.2, 0) is 0 Å². The van der Waals surface area contributed by atoms with E-state index >= 15 is 0 Å². The second kappa shape index (κ2) is 7.11. The normalized spacial score (nSPS) is 12.3. The van der Waals surface area contributed by atoms with E-state index in [1.54, 1.807) is 0 Å². The maximum Gasteiger partial charge on any atom is 0.165 e. The van der Waals surface area contributed by atoms with Gasteiger partial charge in [-0.1, -0.05) is 24.3 Å². The molecular formula is C22H16IN7. The molecule has 0 fully saturated rings. The fourth-order valence-corrected chi connectivity index (χ4v) is 4.64. The maximum absolute atomic E-state index is 9.70. The third-order valence-corrected chi connectivity index (χ3v) is 6.06. The van der Waals surface area contributed by atoms with Crippen molar-refractivity contribution in [2.75, 3.05) is 5.73 Å². The fraction of sp³-hybridized carbons (Fsp3) is 0.0909. The van der Waals surface area contributed by atoms with Gasteiger partial charge in [0, 0.05) is 22.8 Å². The maximum atomic E-state index is 9.70. The van der Waals surface area contributed by atoms with Gasteiger partial charge in [0.25, 0.3) is 0 Å². The predicted molar refractivity (Wildman–Crippen MR) is 124 cm³/mol. The number of nitrogens with two attached hydrogens (primary N) is 1. The largest absolute Gasteiger partial charge is 0.383 e. The van der Waals surface area contributed by atoms with E-state index in [-0.39, 0.29) is 6.04 Å². The second-order valence-corrected chi connectivity index (χ2v) is 7.99. The highest BCUT2D eigenvalue weighted by Crippen LogP contribution is 2.36. The van der Waals surface area contributed by atoms with E-state index in [1.807, 2.05) is 47.3 Å². The van der Waals surface area contributed by atoms with Crippen LogP contribution in [0, 0.1) is 15.0 Å². The molecule has 0 aliphatic heterocycles. The zero-order chi connectivity index (χ0) is 20.8. The first-order valence-electron chi connectivity index (χ1n) is 9.34. The number of nitrogen functional groups attached to an aromatic ring is 1. The highest BCUT2D eigenvalue weighted by atomic mass is 127. The van der Waals surface area contributed by atoms with Crippen LogP contribution in [0.5, 0.6) is 0 Å². The Hall–Kier alpha value is -3.45. The van der Waals surface area contributed by atoms with Gasteiger partial charge in [-0.2, -0.15) is 10.4 Å². The minimum atomic E-state index is -0.146. The zero-order valence-electron chi connectivity index (χ0n) is 16.0. The number of nitrogens with zero attached hydrogens (tertiary/aromatic N) is 6. The molecule has 2 N–H and O–H groups in total. The topological polar surface area (TPSA) is 97.8 Å². The van der Waals surface area contributed by atoms with Gasteiger partial charge in [-0.3, -0.25) is 0 Å². The van der Waals surface area contributed by atoms with E-state index in [2.05, 4.69) is 62.1 Å². The summed E-state index contributed by atoms with van der Waals surface area (Å²) in [6.07, 6.45) is 3.47. The van der Waals surface area contributed by atoms with E-state index in [9.17, 15) is 5.26 Å². The quantitative estimate of drug-likeness (QED) is 0.367. The molecule has 1 atom stereocenters. The van der Waals surface area contributed by atoms with Crippen molar-refractivity contribution in [3.8, 4) is 17.3 Å². The number of fused-ring (bicyclic) bond motifs is 2. The van der Waals surface area contributed by atoms with Gasteiger partial charge in [-0.15, -0.1) is 0 Å². The molecule has 0 spiro atoms. The molecule has 0 aliphatic rings. The minimum absolute atomic E-state index is 0.146. The highest BCUT2D eigenvalue weighted by molar-refractivity contribution is 14.1. The lowest BCUT2D eigenvalue weighted by molar-refractivity contribution is 0.576. The van der Waals surface area contributed by atoms with Crippen LogP contribution >= 0.6 is 22.6 Å². The van der Waals surface area contributed by atoms with Crippen LogP contribution in [0.3, 0.4) is 0 Å². The summed E-state index contributed by atoms with van der Waals surface area (Å²) in [6.45, 7) is 2.08. The zero-order valence-corrected chi connectivity index (χ0v) is 18.1. The molecule has 8 heteroatoms. The SMILES string of the molecule is CC(c1cc2ccccn2c1-c1ccccc1C#N)n1nc(I)c2c(N)ncnc21. The number of nitriles is 1. The van der Waals surface area contributed by atoms with Gasteiger partial charge in [0.05, 0.1) is 28.8 Å². The number of rotatable bonds is 3. The highest BCUT2D eigenvalue weighted by Gasteiger charge is 2.24. The van der Waals surface area contributed by atoms with Crippen molar-refractivity contribution in [2.24, 2.45) is 0 Å². The summed E-state index contributed by atoms with van der Waals surface area (Å²) in [5.74, 6) is 0.417. The first-order valence-corrected chi connectivity index (χ1v) is 10.4. The first-order chi connectivity index (χ1) is 14.6. The summed E-state index contributed by atoms with van der Waals surface area (Å²) in [6, 6.07) is 18.0. The van der Waals surface area contributed by atoms with Crippen molar-refractivity contribution in [2.45, 2.75) is 13.0 Å². The number of benzene rings is 1. The molecule has 0 aliphatic carbocycles. The Morgan fingerprint density at radius 2 is 1.93 bits per heavy atom. The van der Waals surface area contributed by atoms with E-state index < -0.39 is 0 Å². The van der Waals surface area contributed by atoms with Crippen LogP contribution in [0.15, 0.2) is 61.1 Å². The molecule has 4 aromatic heterocycles. The van der Waals surface area contributed by atoms with Gasteiger partial charge < -0.3 is 10.1 Å². The average molecular weight is 505 g/mol. The summed E-state index contributed by atoms with van der Waals surface area (Å²) in [4.78, 5) is 8.55. The van der Waals surface area contributed by atoms with E-state index in [4.69, 9.17) is 10.8 Å². The molecule has 0 amide bonds. The van der Waals surface area contributed by atoms with Crippen LogP contribution in [-0.4, -0.2) is 24.1 Å².